The molecule has 0 saturated heterocycles. The number of nitrogens with one attached hydrogen (secondary N) is 1. The van der Waals surface area contributed by atoms with Crippen molar-refractivity contribution in [1.29, 1.82) is 0 Å². The van der Waals surface area contributed by atoms with E-state index in [1.165, 1.54) is 7.11 Å². The average Bonchev–Trinajstić information content (AvgIpc) is 2.24. The van der Waals surface area contributed by atoms with Gasteiger partial charge in [-0.2, -0.15) is 0 Å². The Labute approximate surface area is 103 Å². The van der Waals surface area contributed by atoms with E-state index >= 15 is 0 Å². The molecule has 0 fully saturated rings. The van der Waals surface area contributed by atoms with Crippen molar-refractivity contribution < 1.29 is 14.9 Å². The molecule has 0 spiro atoms. The van der Waals surface area contributed by atoms with Crippen LogP contribution in [0.4, 0.5) is 0 Å². The van der Waals surface area contributed by atoms with Gasteiger partial charge in [0.05, 0.1) is 13.2 Å². The van der Waals surface area contributed by atoms with E-state index in [1.54, 1.807) is 13.1 Å². The molecule has 1 atom stereocenters. The molecule has 0 radical (unpaired) electrons. The van der Waals surface area contributed by atoms with Gasteiger partial charge in [-0.3, -0.25) is 0 Å². The number of rotatable bonds is 4. The molecule has 1 rings (SSSR count). The van der Waals surface area contributed by atoms with Crippen molar-refractivity contribution in [2.75, 3.05) is 20.7 Å². The van der Waals surface area contributed by atoms with Gasteiger partial charge in [0.25, 0.3) is 0 Å². The Balaban J connectivity index is 3.29. The summed E-state index contributed by atoms with van der Waals surface area (Å²) in [5.41, 5.74) is 1.35. The van der Waals surface area contributed by atoms with Crippen LogP contribution in [0.15, 0.2) is 10.5 Å². The SMILES string of the molecule is CNCC(O)c1c(O)c(OC)cc(C)c1Br. The summed E-state index contributed by atoms with van der Waals surface area (Å²) in [6.45, 7) is 2.24. The Hall–Kier alpha value is -0.780. The van der Waals surface area contributed by atoms with E-state index < -0.39 is 6.10 Å². The standard InChI is InChI=1S/C11H16BrNO3/c1-6-4-8(16-3)11(15)9(10(6)12)7(14)5-13-2/h4,7,13-15H,5H2,1-3H3. The number of methoxy groups -OCH3 is 1. The van der Waals surface area contributed by atoms with Gasteiger partial charge in [-0.1, -0.05) is 0 Å². The highest BCUT2D eigenvalue weighted by Gasteiger charge is 2.20. The second-order valence-electron chi connectivity index (χ2n) is 3.55. The number of hydrogen-bond acceptors (Lipinski definition) is 4. The molecule has 0 aromatic heterocycles. The molecule has 1 unspecified atom stereocenters. The minimum atomic E-state index is -0.784. The van der Waals surface area contributed by atoms with Crippen LogP contribution in [0, 0.1) is 6.92 Å². The van der Waals surface area contributed by atoms with Gasteiger partial charge in [0, 0.05) is 16.6 Å². The van der Waals surface area contributed by atoms with E-state index in [4.69, 9.17) is 4.74 Å². The second-order valence-corrected chi connectivity index (χ2v) is 4.34. The largest absolute Gasteiger partial charge is 0.504 e. The van der Waals surface area contributed by atoms with Crippen molar-refractivity contribution in [3.63, 3.8) is 0 Å². The predicted octanol–water partition coefficient (Wildman–Crippen LogP) is 1.72. The molecule has 4 nitrogen and oxygen atoms in total. The van der Waals surface area contributed by atoms with E-state index in [2.05, 4.69) is 21.2 Å². The number of hydrogen-bond donors (Lipinski definition) is 3. The van der Waals surface area contributed by atoms with E-state index in [-0.39, 0.29) is 5.75 Å². The lowest BCUT2D eigenvalue weighted by Gasteiger charge is -2.17. The predicted molar refractivity (Wildman–Crippen MR) is 66.0 cm³/mol. The number of likely N-dealkylation sites (N-methyl/N-ethyl adjacent to an activating group) is 1. The van der Waals surface area contributed by atoms with Crippen LogP contribution in [0.2, 0.25) is 0 Å². The van der Waals surface area contributed by atoms with E-state index in [0.29, 0.717) is 22.3 Å². The van der Waals surface area contributed by atoms with Crippen molar-refractivity contribution in [3.8, 4) is 11.5 Å². The van der Waals surface area contributed by atoms with Gasteiger partial charge < -0.3 is 20.3 Å². The lowest BCUT2D eigenvalue weighted by molar-refractivity contribution is 0.172. The maximum Gasteiger partial charge on any atom is 0.164 e. The van der Waals surface area contributed by atoms with Gasteiger partial charge in [0.1, 0.15) is 0 Å². The quantitative estimate of drug-likeness (QED) is 0.790. The summed E-state index contributed by atoms with van der Waals surface area (Å²) in [5.74, 6) is 0.341. The monoisotopic (exact) mass is 289 g/mol. The summed E-state index contributed by atoms with van der Waals surface area (Å²) >= 11 is 3.36. The summed E-state index contributed by atoms with van der Waals surface area (Å²) in [4.78, 5) is 0. The maximum absolute atomic E-state index is 9.95. The Kier molecular flexibility index (Phi) is 4.58. The van der Waals surface area contributed by atoms with Gasteiger partial charge >= 0.3 is 0 Å². The minimum absolute atomic E-state index is 0.0253. The number of aryl methyl sites for hydroxylation is 1. The minimum Gasteiger partial charge on any atom is -0.504 e. The van der Waals surface area contributed by atoms with Crippen molar-refractivity contribution in [2.45, 2.75) is 13.0 Å². The lowest BCUT2D eigenvalue weighted by atomic mass is 10.0. The molecule has 90 valence electrons. The molecule has 0 aliphatic carbocycles. The third kappa shape index (κ3) is 2.48. The Morgan fingerprint density at radius 2 is 2.19 bits per heavy atom. The number of aliphatic hydroxyl groups excluding tert-OH is 1. The van der Waals surface area contributed by atoms with Gasteiger partial charge in [0.15, 0.2) is 11.5 Å². The number of halogens is 1. The van der Waals surface area contributed by atoms with Gasteiger partial charge in [-0.15, -0.1) is 0 Å². The smallest absolute Gasteiger partial charge is 0.164 e. The highest BCUT2D eigenvalue weighted by molar-refractivity contribution is 9.10. The fraction of sp³-hybridized carbons (Fsp3) is 0.455. The second kappa shape index (κ2) is 5.52. The highest BCUT2D eigenvalue weighted by atomic mass is 79.9. The third-order valence-corrected chi connectivity index (χ3v) is 3.42. The van der Waals surface area contributed by atoms with Crippen molar-refractivity contribution in [2.24, 2.45) is 0 Å². The van der Waals surface area contributed by atoms with Crippen LogP contribution in [0.25, 0.3) is 0 Å². The van der Waals surface area contributed by atoms with Crippen LogP contribution in [-0.4, -0.2) is 30.9 Å². The topological polar surface area (TPSA) is 61.7 Å². The molecule has 16 heavy (non-hydrogen) atoms. The first-order valence-electron chi connectivity index (χ1n) is 4.91. The molecular formula is C11H16BrNO3. The van der Waals surface area contributed by atoms with Crippen LogP contribution in [0.5, 0.6) is 11.5 Å². The number of aliphatic hydroxyl groups is 1. The molecule has 0 aliphatic rings. The molecule has 1 aromatic carbocycles. The van der Waals surface area contributed by atoms with E-state index in [1.807, 2.05) is 6.92 Å². The van der Waals surface area contributed by atoms with Gasteiger partial charge in [-0.25, -0.2) is 0 Å². The summed E-state index contributed by atoms with van der Waals surface area (Å²) in [6, 6.07) is 1.72. The third-order valence-electron chi connectivity index (χ3n) is 2.37. The molecule has 0 aliphatic heterocycles. The molecule has 0 heterocycles. The summed E-state index contributed by atoms with van der Waals surface area (Å²) in [7, 11) is 3.22. The average molecular weight is 290 g/mol. The number of aromatic hydroxyl groups is 1. The van der Waals surface area contributed by atoms with Crippen molar-refractivity contribution in [3.05, 3.63) is 21.7 Å². The zero-order valence-electron chi connectivity index (χ0n) is 9.54. The normalized spacial score (nSPS) is 12.6. The summed E-state index contributed by atoms with van der Waals surface area (Å²) in [5, 5.41) is 22.7. The molecule has 5 heteroatoms. The zero-order valence-corrected chi connectivity index (χ0v) is 11.1. The first kappa shape index (κ1) is 13.3. The van der Waals surface area contributed by atoms with Gasteiger partial charge in [-0.05, 0) is 41.5 Å². The van der Waals surface area contributed by atoms with Crippen LogP contribution in [0.1, 0.15) is 17.2 Å². The highest BCUT2D eigenvalue weighted by Crippen LogP contribution is 2.40. The van der Waals surface area contributed by atoms with Gasteiger partial charge in [0.2, 0.25) is 0 Å². The van der Waals surface area contributed by atoms with Crippen LogP contribution >= 0.6 is 15.9 Å². The summed E-state index contributed by atoms with van der Waals surface area (Å²) in [6.07, 6.45) is -0.784. The molecular weight excluding hydrogens is 274 g/mol. The number of benzene rings is 1. The Bertz CT molecular complexity index is 382. The van der Waals surface area contributed by atoms with Crippen molar-refractivity contribution >= 4 is 15.9 Å². The number of phenolic OH excluding ortho intramolecular Hbond substituents is 1. The number of phenols is 1. The Morgan fingerprint density at radius 1 is 1.56 bits per heavy atom. The fourth-order valence-corrected chi connectivity index (χ4v) is 2.10. The summed E-state index contributed by atoms with van der Waals surface area (Å²) < 4.78 is 5.75. The molecule has 1 aromatic rings. The first-order chi connectivity index (χ1) is 7.52. The fourth-order valence-electron chi connectivity index (χ4n) is 1.53. The molecule has 0 amide bonds. The first-order valence-corrected chi connectivity index (χ1v) is 5.70. The van der Waals surface area contributed by atoms with Crippen LogP contribution in [-0.2, 0) is 0 Å². The van der Waals surface area contributed by atoms with Crippen molar-refractivity contribution in [1.82, 2.24) is 5.32 Å². The van der Waals surface area contributed by atoms with E-state index in [0.717, 1.165) is 5.56 Å². The van der Waals surface area contributed by atoms with E-state index in [9.17, 15) is 10.2 Å². The Morgan fingerprint density at radius 3 is 2.69 bits per heavy atom. The number of ether oxygens (including phenoxy) is 1. The molecule has 0 bridgehead atoms. The molecule has 3 N–H and O–H groups in total. The lowest BCUT2D eigenvalue weighted by Crippen LogP contribution is -2.17. The molecule has 0 saturated carbocycles. The van der Waals surface area contributed by atoms with Crippen LogP contribution in [0.3, 0.4) is 0 Å². The van der Waals surface area contributed by atoms with Crippen LogP contribution < -0.4 is 10.1 Å². The maximum atomic E-state index is 9.95. The zero-order chi connectivity index (χ0) is 12.3.